The lowest BCUT2D eigenvalue weighted by molar-refractivity contribution is 0.669. The van der Waals surface area contributed by atoms with E-state index in [-0.39, 0.29) is 0 Å². The van der Waals surface area contributed by atoms with Gasteiger partial charge < -0.3 is 8.98 Å². The molecular formula is C51H32N4OS. The normalized spacial score (nSPS) is 12.7. The maximum atomic E-state index is 6.42. The van der Waals surface area contributed by atoms with Crippen molar-refractivity contribution >= 4 is 70.4 Å². The minimum Gasteiger partial charge on any atom is -0.456 e. The number of aromatic nitrogens is 4. The van der Waals surface area contributed by atoms with Gasteiger partial charge in [-0.05, 0) is 78.6 Å². The Balaban J connectivity index is 0.982. The second kappa shape index (κ2) is 12.7. The van der Waals surface area contributed by atoms with Crippen LogP contribution >= 0.6 is 11.3 Å². The number of furan rings is 1. The Kier molecular flexibility index (Phi) is 7.16. The van der Waals surface area contributed by atoms with E-state index >= 15 is 0 Å². The molecule has 57 heavy (non-hydrogen) atoms. The lowest BCUT2D eigenvalue weighted by atomic mass is 10.00. The molecule has 0 spiro atoms. The van der Waals surface area contributed by atoms with Gasteiger partial charge in [0.2, 0.25) is 0 Å². The summed E-state index contributed by atoms with van der Waals surface area (Å²) in [7, 11) is 0. The van der Waals surface area contributed by atoms with Crippen molar-refractivity contribution < 1.29 is 4.42 Å². The summed E-state index contributed by atoms with van der Waals surface area (Å²) in [5.74, 6) is 1.90. The molecular weight excluding hydrogens is 717 g/mol. The quantitative estimate of drug-likeness (QED) is 0.176. The Labute approximate surface area is 331 Å². The molecule has 12 rings (SSSR count). The van der Waals surface area contributed by atoms with Crippen molar-refractivity contribution in [3.63, 3.8) is 0 Å². The molecule has 1 aliphatic carbocycles. The van der Waals surface area contributed by atoms with Crippen molar-refractivity contribution in [3.8, 4) is 51.0 Å². The second-order valence-electron chi connectivity index (χ2n) is 14.7. The summed E-state index contributed by atoms with van der Waals surface area (Å²) >= 11 is 1.86. The molecule has 4 heterocycles. The highest BCUT2D eigenvalue weighted by molar-refractivity contribution is 7.26. The van der Waals surface area contributed by atoms with E-state index in [0.29, 0.717) is 17.5 Å². The third-order valence-electron chi connectivity index (χ3n) is 11.3. The second-order valence-corrected chi connectivity index (χ2v) is 15.7. The average Bonchev–Trinajstić information content (AvgIpc) is 3.95. The number of thiophene rings is 1. The van der Waals surface area contributed by atoms with E-state index in [2.05, 4.69) is 102 Å². The molecule has 0 fully saturated rings. The van der Waals surface area contributed by atoms with E-state index < -0.39 is 0 Å². The van der Waals surface area contributed by atoms with Gasteiger partial charge in [-0.2, -0.15) is 0 Å². The van der Waals surface area contributed by atoms with E-state index in [1.807, 2.05) is 84.1 Å². The first-order valence-electron chi connectivity index (χ1n) is 19.3. The van der Waals surface area contributed by atoms with Crippen molar-refractivity contribution in [1.29, 1.82) is 0 Å². The van der Waals surface area contributed by atoms with Gasteiger partial charge >= 0.3 is 0 Å². The lowest BCUT2D eigenvalue weighted by Gasteiger charge is -2.13. The molecule has 0 unspecified atom stereocenters. The third-order valence-corrected chi connectivity index (χ3v) is 12.5. The largest absolute Gasteiger partial charge is 0.456 e. The monoisotopic (exact) mass is 748 g/mol. The van der Waals surface area contributed by atoms with Gasteiger partial charge in [-0.15, -0.1) is 11.3 Å². The van der Waals surface area contributed by atoms with Gasteiger partial charge in [0.15, 0.2) is 17.5 Å². The van der Waals surface area contributed by atoms with E-state index in [9.17, 15) is 0 Å². The van der Waals surface area contributed by atoms with Crippen LogP contribution in [0.25, 0.3) is 110 Å². The minimum atomic E-state index is 0.620. The van der Waals surface area contributed by atoms with Crippen LogP contribution in [0.5, 0.6) is 0 Å². The highest BCUT2D eigenvalue weighted by atomic mass is 32.1. The van der Waals surface area contributed by atoms with Crippen LogP contribution in [-0.4, -0.2) is 19.5 Å². The number of fused-ring (bicyclic) bond motifs is 9. The molecule has 268 valence electrons. The Morgan fingerprint density at radius 3 is 1.91 bits per heavy atom. The zero-order chi connectivity index (χ0) is 37.5. The highest BCUT2D eigenvalue weighted by Crippen LogP contribution is 2.43. The summed E-state index contributed by atoms with van der Waals surface area (Å²) in [6, 6.07) is 55.5. The molecule has 11 aromatic rings. The topological polar surface area (TPSA) is 56.7 Å². The number of hydrogen-bond donors (Lipinski definition) is 0. The highest BCUT2D eigenvalue weighted by Gasteiger charge is 2.20. The Morgan fingerprint density at radius 2 is 1.16 bits per heavy atom. The molecule has 0 atom stereocenters. The summed E-state index contributed by atoms with van der Waals surface area (Å²) in [5, 5.41) is 5.96. The van der Waals surface area contributed by atoms with Crippen LogP contribution in [0.4, 0.5) is 0 Å². The molecule has 0 amide bonds. The first kappa shape index (κ1) is 32.1. The molecule has 0 bridgehead atoms. The van der Waals surface area contributed by atoms with Gasteiger partial charge in [0, 0.05) is 70.0 Å². The van der Waals surface area contributed by atoms with Gasteiger partial charge in [0.05, 0.1) is 5.52 Å². The van der Waals surface area contributed by atoms with Crippen LogP contribution in [0.1, 0.15) is 17.7 Å². The molecule has 5 nitrogen and oxygen atoms in total. The van der Waals surface area contributed by atoms with E-state index in [1.54, 1.807) is 0 Å². The van der Waals surface area contributed by atoms with Crippen molar-refractivity contribution in [3.05, 3.63) is 175 Å². The molecule has 0 saturated heterocycles. The predicted octanol–water partition coefficient (Wildman–Crippen LogP) is 13.7. The molecule has 1 aliphatic rings. The predicted molar refractivity (Wildman–Crippen MR) is 236 cm³/mol. The van der Waals surface area contributed by atoms with E-state index in [1.165, 1.54) is 53.6 Å². The van der Waals surface area contributed by atoms with E-state index in [0.717, 1.165) is 57.0 Å². The average molecular weight is 749 g/mol. The van der Waals surface area contributed by atoms with Crippen LogP contribution in [0.2, 0.25) is 0 Å². The number of allylic oxidation sites excluding steroid dienone is 1. The summed E-state index contributed by atoms with van der Waals surface area (Å²) in [6.07, 6.45) is 6.71. The van der Waals surface area contributed by atoms with Gasteiger partial charge in [-0.1, -0.05) is 115 Å². The molecule has 0 saturated carbocycles. The van der Waals surface area contributed by atoms with Gasteiger partial charge in [0.1, 0.15) is 11.2 Å². The number of rotatable bonds is 5. The zero-order valence-corrected chi connectivity index (χ0v) is 31.5. The van der Waals surface area contributed by atoms with Gasteiger partial charge in [-0.25, -0.2) is 15.0 Å². The van der Waals surface area contributed by atoms with Crippen LogP contribution in [0, 0.1) is 0 Å². The van der Waals surface area contributed by atoms with Gasteiger partial charge in [0.25, 0.3) is 0 Å². The molecule has 0 N–H and O–H groups in total. The molecule has 0 aliphatic heterocycles. The standard InChI is InChI=1S/C51H32N4OS/c1-3-12-31(13-4-1)49-52-50(32-14-5-2-6-15-32)54-51(53-49)34-23-26-46-41(29-34)40-28-33(22-25-45(40)56-46)36-18-11-19-39-42-30-35(24-27-47(42)57-48(36)39)55-43-20-9-7-16-37(43)38-17-8-10-21-44(38)55/h1-9,11-20,22-30H,10,21H2. The number of benzene rings is 7. The van der Waals surface area contributed by atoms with Gasteiger partial charge in [-0.3, -0.25) is 0 Å². The number of hydrogen-bond acceptors (Lipinski definition) is 5. The van der Waals surface area contributed by atoms with Crippen LogP contribution in [-0.2, 0) is 6.42 Å². The lowest BCUT2D eigenvalue weighted by Crippen LogP contribution is -2.02. The maximum absolute atomic E-state index is 6.42. The van der Waals surface area contributed by atoms with Crippen LogP contribution in [0.3, 0.4) is 0 Å². The summed E-state index contributed by atoms with van der Waals surface area (Å²) in [5.41, 5.74) is 12.1. The van der Waals surface area contributed by atoms with Crippen molar-refractivity contribution in [1.82, 2.24) is 19.5 Å². The Bertz CT molecular complexity index is 3350. The van der Waals surface area contributed by atoms with E-state index in [4.69, 9.17) is 19.4 Å². The third kappa shape index (κ3) is 5.18. The number of nitrogens with zero attached hydrogens (tertiary/aromatic N) is 4. The first-order valence-corrected chi connectivity index (χ1v) is 20.1. The number of para-hydroxylation sites is 1. The summed E-state index contributed by atoms with van der Waals surface area (Å²) < 4.78 is 11.5. The Morgan fingerprint density at radius 1 is 0.509 bits per heavy atom. The molecule has 4 aromatic heterocycles. The molecule has 6 heteroatoms. The fourth-order valence-electron chi connectivity index (χ4n) is 8.64. The van der Waals surface area contributed by atoms with Crippen molar-refractivity contribution in [2.75, 3.05) is 0 Å². The van der Waals surface area contributed by atoms with Crippen LogP contribution < -0.4 is 0 Å². The fourth-order valence-corrected chi connectivity index (χ4v) is 9.86. The van der Waals surface area contributed by atoms with Crippen LogP contribution in [0.15, 0.2) is 168 Å². The summed E-state index contributed by atoms with van der Waals surface area (Å²) in [6.45, 7) is 0. The smallest absolute Gasteiger partial charge is 0.164 e. The minimum absolute atomic E-state index is 0.620. The summed E-state index contributed by atoms with van der Waals surface area (Å²) in [4.78, 5) is 14.9. The zero-order valence-electron chi connectivity index (χ0n) is 30.7. The molecule has 7 aromatic carbocycles. The van der Waals surface area contributed by atoms with Crippen molar-refractivity contribution in [2.24, 2.45) is 0 Å². The SMILES string of the molecule is C1=Cc2c(n(-c3ccc4sc5c(-c6ccc7oc8ccc(-c9nc(-c%10ccccc%10)nc(-c%10ccccc%10)n9)cc8c7c6)cccc5c4c3)c3ccccc23)CC1. The first-order chi connectivity index (χ1) is 28.2. The van der Waals surface area contributed by atoms with Crippen molar-refractivity contribution in [2.45, 2.75) is 12.8 Å². The Hall–Kier alpha value is -7.15. The fraction of sp³-hybridized carbons (Fsp3) is 0.0392. The molecule has 0 radical (unpaired) electrons. The maximum Gasteiger partial charge on any atom is 0.164 e.